The monoisotopic (exact) mass is 183 g/mol. The molecule has 0 bridgehead atoms. The van der Waals surface area contributed by atoms with Gasteiger partial charge in [0.1, 0.15) is 0 Å². The van der Waals surface area contributed by atoms with Gasteiger partial charge in [0.05, 0.1) is 11.9 Å². The van der Waals surface area contributed by atoms with Crippen LogP contribution in [0.2, 0.25) is 5.15 Å². The van der Waals surface area contributed by atoms with Gasteiger partial charge in [0.2, 0.25) is 0 Å². The molecule has 2 N–H and O–H groups in total. The normalized spacial score (nSPS) is 10.8. The molecule has 0 aliphatic carbocycles. The summed E-state index contributed by atoms with van der Waals surface area (Å²) in [5.41, 5.74) is 6.12. The van der Waals surface area contributed by atoms with Crippen LogP contribution in [0.3, 0.4) is 0 Å². The molecule has 0 atom stereocenters. The van der Waals surface area contributed by atoms with Crippen LogP contribution in [0.15, 0.2) is 12.3 Å². The molecule has 0 saturated heterocycles. The minimum Gasteiger partial charge on any atom is -0.381 e. The van der Waals surface area contributed by atoms with Crippen LogP contribution in [0.25, 0.3) is 6.08 Å². The van der Waals surface area contributed by atoms with Crippen molar-refractivity contribution in [3.63, 3.8) is 0 Å². The van der Waals surface area contributed by atoms with Gasteiger partial charge in [-0.3, -0.25) is 0 Å². The average molecular weight is 184 g/mol. The molecule has 0 radical (unpaired) electrons. The van der Waals surface area contributed by atoms with Gasteiger partial charge < -0.3 is 5.73 Å². The number of nitrogens with two attached hydrogens (primary N) is 1. The first kappa shape index (κ1) is 9.00. The number of anilines is 1. The maximum atomic E-state index is 5.66. The van der Waals surface area contributed by atoms with E-state index in [1.807, 2.05) is 19.1 Å². The molecule has 64 valence electrons. The molecule has 12 heavy (non-hydrogen) atoms. The molecule has 4 heteroatoms. The highest BCUT2D eigenvalue weighted by Crippen LogP contribution is 2.12. The summed E-state index contributed by atoms with van der Waals surface area (Å²) >= 11 is 5.66. The standard InChI is InChI=1S/C8H10ClN3/c1-2-3-4-6-5-11-8(10)7(9)12-6/h3-5H,2H2,1H3,(H2,10,11). The zero-order valence-corrected chi connectivity index (χ0v) is 7.54. The fourth-order valence-electron chi connectivity index (χ4n) is 0.707. The minimum absolute atomic E-state index is 0.258. The van der Waals surface area contributed by atoms with Gasteiger partial charge >= 0.3 is 0 Å². The van der Waals surface area contributed by atoms with Crippen LogP contribution >= 0.6 is 11.6 Å². The zero-order valence-electron chi connectivity index (χ0n) is 6.79. The van der Waals surface area contributed by atoms with Crippen molar-refractivity contribution in [1.29, 1.82) is 0 Å². The number of halogens is 1. The number of allylic oxidation sites excluding steroid dienone is 1. The molecule has 0 aliphatic heterocycles. The van der Waals surface area contributed by atoms with Gasteiger partial charge in [-0.15, -0.1) is 0 Å². The summed E-state index contributed by atoms with van der Waals surface area (Å²) in [5.74, 6) is 0.269. The molecule has 1 heterocycles. The number of aromatic nitrogens is 2. The summed E-state index contributed by atoms with van der Waals surface area (Å²) in [6, 6.07) is 0. The Hall–Kier alpha value is -1.09. The Morgan fingerprint density at radius 1 is 1.67 bits per heavy atom. The van der Waals surface area contributed by atoms with Crippen LogP contribution < -0.4 is 5.73 Å². The fraction of sp³-hybridized carbons (Fsp3) is 0.250. The van der Waals surface area contributed by atoms with Crippen molar-refractivity contribution in [3.05, 3.63) is 23.1 Å². The summed E-state index contributed by atoms with van der Waals surface area (Å²) in [6.45, 7) is 2.04. The fourth-order valence-corrected chi connectivity index (χ4v) is 0.854. The highest BCUT2D eigenvalue weighted by molar-refractivity contribution is 6.31. The van der Waals surface area contributed by atoms with Gasteiger partial charge in [-0.2, -0.15) is 0 Å². The Morgan fingerprint density at radius 2 is 2.42 bits per heavy atom. The molecule has 1 aromatic rings. The molecule has 0 aliphatic rings. The van der Waals surface area contributed by atoms with E-state index in [9.17, 15) is 0 Å². The van der Waals surface area contributed by atoms with Crippen molar-refractivity contribution in [2.45, 2.75) is 13.3 Å². The van der Waals surface area contributed by atoms with E-state index in [0.29, 0.717) is 0 Å². The summed E-state index contributed by atoms with van der Waals surface area (Å²) in [6.07, 6.45) is 6.39. The van der Waals surface area contributed by atoms with Gasteiger partial charge in [-0.05, 0) is 12.5 Å². The van der Waals surface area contributed by atoms with Crippen molar-refractivity contribution in [1.82, 2.24) is 9.97 Å². The lowest BCUT2D eigenvalue weighted by Gasteiger charge is -1.96. The quantitative estimate of drug-likeness (QED) is 0.765. The van der Waals surface area contributed by atoms with E-state index >= 15 is 0 Å². The smallest absolute Gasteiger partial charge is 0.171 e. The Bertz CT molecular complexity index is 296. The molecule has 0 spiro atoms. The van der Waals surface area contributed by atoms with Gasteiger partial charge in [0.15, 0.2) is 11.0 Å². The number of hydrogen-bond donors (Lipinski definition) is 1. The van der Waals surface area contributed by atoms with E-state index in [2.05, 4.69) is 9.97 Å². The number of rotatable bonds is 2. The molecule has 0 amide bonds. The first-order valence-corrected chi connectivity index (χ1v) is 4.06. The number of nitrogen functional groups attached to an aromatic ring is 1. The minimum atomic E-state index is 0.258. The van der Waals surface area contributed by atoms with Crippen LogP contribution in [-0.2, 0) is 0 Å². The second-order valence-electron chi connectivity index (χ2n) is 2.28. The lowest BCUT2D eigenvalue weighted by atomic mass is 10.3. The lowest BCUT2D eigenvalue weighted by Crippen LogP contribution is -1.94. The highest BCUT2D eigenvalue weighted by Gasteiger charge is 1.97. The molecular formula is C8H10ClN3. The summed E-state index contributed by atoms with van der Waals surface area (Å²) in [4.78, 5) is 7.87. The third kappa shape index (κ3) is 2.20. The summed E-state index contributed by atoms with van der Waals surface area (Å²) in [7, 11) is 0. The first-order chi connectivity index (χ1) is 5.74. The number of nitrogens with zero attached hydrogens (tertiary/aromatic N) is 2. The Morgan fingerprint density at radius 3 is 3.00 bits per heavy atom. The van der Waals surface area contributed by atoms with E-state index < -0.39 is 0 Å². The molecule has 0 unspecified atom stereocenters. The summed E-state index contributed by atoms with van der Waals surface area (Å²) < 4.78 is 0. The van der Waals surface area contributed by atoms with Gasteiger partial charge in [0, 0.05) is 0 Å². The van der Waals surface area contributed by atoms with Crippen molar-refractivity contribution in [2.24, 2.45) is 0 Å². The van der Waals surface area contributed by atoms with Crippen LogP contribution in [0.5, 0.6) is 0 Å². The van der Waals surface area contributed by atoms with Crippen LogP contribution in [0.4, 0.5) is 5.82 Å². The predicted octanol–water partition coefficient (Wildman–Crippen LogP) is 2.14. The molecule has 0 saturated carbocycles. The van der Waals surface area contributed by atoms with Crippen molar-refractivity contribution < 1.29 is 0 Å². The average Bonchev–Trinajstić information content (AvgIpc) is 2.07. The third-order valence-electron chi connectivity index (χ3n) is 1.30. The van der Waals surface area contributed by atoms with Crippen LogP contribution in [0.1, 0.15) is 19.0 Å². The van der Waals surface area contributed by atoms with Crippen LogP contribution in [0, 0.1) is 0 Å². The highest BCUT2D eigenvalue weighted by atomic mass is 35.5. The topological polar surface area (TPSA) is 51.8 Å². The van der Waals surface area contributed by atoms with Crippen molar-refractivity contribution in [2.75, 3.05) is 5.73 Å². The zero-order chi connectivity index (χ0) is 8.97. The van der Waals surface area contributed by atoms with E-state index in [-0.39, 0.29) is 11.0 Å². The Balaban J connectivity index is 2.89. The van der Waals surface area contributed by atoms with Gasteiger partial charge in [-0.25, -0.2) is 9.97 Å². The molecular weight excluding hydrogens is 174 g/mol. The van der Waals surface area contributed by atoms with Crippen molar-refractivity contribution >= 4 is 23.5 Å². The number of hydrogen-bond acceptors (Lipinski definition) is 3. The lowest BCUT2D eigenvalue weighted by molar-refractivity contribution is 1.18. The molecule has 0 fully saturated rings. The van der Waals surface area contributed by atoms with E-state index in [1.54, 1.807) is 6.20 Å². The molecule has 3 nitrogen and oxygen atoms in total. The largest absolute Gasteiger partial charge is 0.381 e. The Labute approximate surface area is 76.3 Å². The third-order valence-corrected chi connectivity index (χ3v) is 1.58. The second kappa shape index (κ2) is 4.07. The second-order valence-corrected chi connectivity index (χ2v) is 2.64. The SMILES string of the molecule is CCC=Cc1cnc(N)c(Cl)n1. The van der Waals surface area contributed by atoms with E-state index in [0.717, 1.165) is 12.1 Å². The summed E-state index contributed by atoms with van der Waals surface area (Å²) in [5, 5.41) is 0.258. The molecule has 1 rings (SSSR count). The van der Waals surface area contributed by atoms with Gasteiger partial charge in [0.25, 0.3) is 0 Å². The van der Waals surface area contributed by atoms with E-state index in [1.165, 1.54) is 0 Å². The Kier molecular flexibility index (Phi) is 3.05. The van der Waals surface area contributed by atoms with E-state index in [4.69, 9.17) is 17.3 Å². The van der Waals surface area contributed by atoms with Crippen molar-refractivity contribution in [3.8, 4) is 0 Å². The van der Waals surface area contributed by atoms with Gasteiger partial charge in [-0.1, -0.05) is 24.6 Å². The maximum absolute atomic E-state index is 5.66. The molecule has 1 aromatic heterocycles. The first-order valence-electron chi connectivity index (χ1n) is 3.68. The maximum Gasteiger partial charge on any atom is 0.171 e. The predicted molar refractivity (Wildman–Crippen MR) is 50.8 cm³/mol. The van der Waals surface area contributed by atoms with Crippen LogP contribution in [-0.4, -0.2) is 9.97 Å². The molecule has 0 aromatic carbocycles.